The number of amides is 1. The number of nitrogens with zero attached hydrogens (tertiary/aromatic N) is 3. The van der Waals surface area contributed by atoms with Crippen LogP contribution < -0.4 is 9.64 Å². The van der Waals surface area contributed by atoms with Crippen LogP contribution in [-0.2, 0) is 11.3 Å². The first kappa shape index (κ1) is 22.2. The molecule has 5 rings (SSSR count). The summed E-state index contributed by atoms with van der Waals surface area (Å²) in [5.74, 6) is 1.65. The number of anilines is 1. The van der Waals surface area contributed by atoms with Gasteiger partial charge in [-0.2, -0.15) is 0 Å². The highest BCUT2D eigenvalue weighted by molar-refractivity contribution is 5.96. The molecule has 0 unspecified atom stereocenters. The molecule has 1 amide bonds. The van der Waals surface area contributed by atoms with Crippen LogP contribution >= 0.6 is 0 Å². The lowest BCUT2D eigenvalue weighted by Gasteiger charge is -2.19. The van der Waals surface area contributed by atoms with Crippen LogP contribution in [0.2, 0.25) is 0 Å². The van der Waals surface area contributed by atoms with Crippen molar-refractivity contribution < 1.29 is 14.6 Å². The molecule has 4 aromatic rings. The van der Waals surface area contributed by atoms with E-state index in [2.05, 4.69) is 4.57 Å². The predicted octanol–water partition coefficient (Wildman–Crippen LogP) is 4.61. The van der Waals surface area contributed by atoms with Gasteiger partial charge in [-0.15, -0.1) is 0 Å². The Hall–Kier alpha value is -3.64. The first-order valence-electron chi connectivity index (χ1n) is 11.7. The summed E-state index contributed by atoms with van der Waals surface area (Å²) in [7, 11) is 0. The summed E-state index contributed by atoms with van der Waals surface area (Å²) in [5.41, 5.74) is 4.89. The summed E-state index contributed by atoms with van der Waals surface area (Å²) in [5, 5.41) is 10.9. The number of ether oxygens (including phenoxy) is 1. The van der Waals surface area contributed by atoms with Crippen LogP contribution in [0.3, 0.4) is 0 Å². The number of para-hydroxylation sites is 3. The molecule has 0 saturated carbocycles. The summed E-state index contributed by atoms with van der Waals surface area (Å²) >= 11 is 0. The maximum absolute atomic E-state index is 12.9. The molecule has 1 fully saturated rings. The van der Waals surface area contributed by atoms with Crippen molar-refractivity contribution in [1.82, 2.24) is 9.55 Å². The number of aromatic nitrogens is 2. The summed E-state index contributed by atoms with van der Waals surface area (Å²) in [4.78, 5) is 19.7. The number of hydrogen-bond acceptors (Lipinski definition) is 4. The topological polar surface area (TPSA) is 67.6 Å². The Balaban J connectivity index is 1.39. The smallest absolute Gasteiger partial charge is 0.227 e. The first-order valence-corrected chi connectivity index (χ1v) is 11.7. The SMILES string of the molecule is Cc1cccc(N2C[C@@H](c3nc4ccccc4n3C[C@@H](O)COc3ccccc3C)CC2=O)c1. The van der Waals surface area contributed by atoms with E-state index in [1.54, 1.807) is 0 Å². The lowest BCUT2D eigenvalue weighted by Crippen LogP contribution is -2.26. The Morgan fingerprint density at radius 2 is 1.85 bits per heavy atom. The number of rotatable bonds is 7. The third-order valence-electron chi connectivity index (χ3n) is 6.41. The number of imidazole rings is 1. The number of aliphatic hydroxyl groups is 1. The molecule has 2 atom stereocenters. The minimum atomic E-state index is -0.721. The molecule has 174 valence electrons. The fourth-order valence-electron chi connectivity index (χ4n) is 4.69. The maximum atomic E-state index is 12.9. The fraction of sp³-hybridized carbons (Fsp3) is 0.286. The van der Waals surface area contributed by atoms with Gasteiger partial charge in [0, 0.05) is 24.6 Å². The number of benzene rings is 3. The summed E-state index contributed by atoms with van der Waals surface area (Å²) in [6.07, 6.45) is -0.325. The highest BCUT2D eigenvalue weighted by Crippen LogP contribution is 2.33. The molecule has 2 heterocycles. The monoisotopic (exact) mass is 455 g/mol. The molecule has 6 nitrogen and oxygen atoms in total. The fourth-order valence-corrected chi connectivity index (χ4v) is 4.69. The molecule has 1 aromatic heterocycles. The molecular weight excluding hydrogens is 426 g/mol. The van der Waals surface area contributed by atoms with Crippen LogP contribution in [-0.4, -0.2) is 39.8 Å². The van der Waals surface area contributed by atoms with E-state index >= 15 is 0 Å². The third-order valence-corrected chi connectivity index (χ3v) is 6.41. The lowest BCUT2D eigenvalue weighted by atomic mass is 10.1. The van der Waals surface area contributed by atoms with Crippen molar-refractivity contribution in [2.75, 3.05) is 18.1 Å². The molecule has 1 N–H and O–H groups in total. The highest BCUT2D eigenvalue weighted by atomic mass is 16.5. The van der Waals surface area contributed by atoms with Crippen molar-refractivity contribution in [2.24, 2.45) is 0 Å². The van der Waals surface area contributed by atoms with Gasteiger partial charge in [-0.3, -0.25) is 4.79 Å². The Kier molecular flexibility index (Phi) is 6.07. The minimum absolute atomic E-state index is 0.0510. The second-order valence-electron chi connectivity index (χ2n) is 9.04. The van der Waals surface area contributed by atoms with Gasteiger partial charge in [-0.05, 0) is 55.3 Å². The molecule has 0 bridgehead atoms. The van der Waals surface area contributed by atoms with Crippen LogP contribution in [0.15, 0.2) is 72.8 Å². The van der Waals surface area contributed by atoms with Crippen molar-refractivity contribution in [3.63, 3.8) is 0 Å². The second kappa shape index (κ2) is 9.31. The first-order chi connectivity index (χ1) is 16.5. The molecule has 6 heteroatoms. The maximum Gasteiger partial charge on any atom is 0.227 e. The van der Waals surface area contributed by atoms with Gasteiger partial charge >= 0.3 is 0 Å². The van der Waals surface area contributed by atoms with E-state index in [1.807, 2.05) is 91.5 Å². The molecule has 0 radical (unpaired) electrons. The Morgan fingerprint density at radius 1 is 1.06 bits per heavy atom. The quantitative estimate of drug-likeness (QED) is 0.442. The van der Waals surface area contributed by atoms with Crippen molar-refractivity contribution in [3.05, 3.63) is 89.7 Å². The van der Waals surface area contributed by atoms with E-state index in [9.17, 15) is 9.90 Å². The van der Waals surface area contributed by atoms with Crippen molar-refractivity contribution >= 4 is 22.6 Å². The average molecular weight is 456 g/mol. The van der Waals surface area contributed by atoms with Crippen LogP contribution in [0.4, 0.5) is 5.69 Å². The van der Waals surface area contributed by atoms with Crippen LogP contribution in [0.1, 0.15) is 29.3 Å². The number of hydrogen-bond donors (Lipinski definition) is 1. The van der Waals surface area contributed by atoms with Gasteiger partial charge in [0.25, 0.3) is 0 Å². The van der Waals surface area contributed by atoms with Crippen LogP contribution in [0, 0.1) is 13.8 Å². The number of aliphatic hydroxyl groups excluding tert-OH is 1. The minimum Gasteiger partial charge on any atom is -0.491 e. The summed E-state index contributed by atoms with van der Waals surface area (Å²) in [6, 6.07) is 23.7. The lowest BCUT2D eigenvalue weighted by molar-refractivity contribution is -0.117. The summed E-state index contributed by atoms with van der Waals surface area (Å²) in [6.45, 7) is 5.11. The van der Waals surface area contributed by atoms with E-state index in [-0.39, 0.29) is 18.4 Å². The zero-order valence-corrected chi connectivity index (χ0v) is 19.5. The van der Waals surface area contributed by atoms with Gasteiger partial charge in [0.1, 0.15) is 24.3 Å². The van der Waals surface area contributed by atoms with E-state index in [1.165, 1.54) is 0 Å². The number of carbonyl (C=O) groups excluding carboxylic acids is 1. The normalized spacial score (nSPS) is 16.9. The van der Waals surface area contributed by atoms with Gasteiger partial charge in [0.05, 0.1) is 17.6 Å². The standard InChI is InChI=1S/C28H29N3O3/c1-19-8-7-10-22(14-19)30-16-21(15-27(30)33)28-29-24-11-4-5-12-25(24)31(28)17-23(32)18-34-26-13-6-3-9-20(26)2/h3-14,21,23,32H,15-18H2,1-2H3/t21-,23+/m0/s1. The molecule has 1 aliphatic rings. The molecule has 1 saturated heterocycles. The third kappa shape index (κ3) is 4.41. The van der Waals surface area contributed by atoms with E-state index < -0.39 is 6.10 Å². The molecular formula is C28H29N3O3. The van der Waals surface area contributed by atoms with Crippen LogP contribution in [0.25, 0.3) is 11.0 Å². The van der Waals surface area contributed by atoms with Crippen molar-refractivity contribution in [1.29, 1.82) is 0 Å². The Morgan fingerprint density at radius 3 is 2.68 bits per heavy atom. The van der Waals surface area contributed by atoms with Crippen LogP contribution in [0.5, 0.6) is 5.75 Å². The predicted molar refractivity (Wildman–Crippen MR) is 133 cm³/mol. The molecule has 1 aliphatic heterocycles. The Labute approximate surface area is 199 Å². The zero-order chi connectivity index (χ0) is 23.7. The summed E-state index contributed by atoms with van der Waals surface area (Å²) < 4.78 is 7.94. The zero-order valence-electron chi connectivity index (χ0n) is 19.5. The number of fused-ring (bicyclic) bond motifs is 1. The van der Waals surface area contributed by atoms with Gasteiger partial charge in [0.2, 0.25) is 5.91 Å². The average Bonchev–Trinajstić information content (AvgIpc) is 3.39. The molecule has 0 aliphatic carbocycles. The largest absolute Gasteiger partial charge is 0.491 e. The van der Waals surface area contributed by atoms with Gasteiger partial charge in [0.15, 0.2) is 0 Å². The second-order valence-corrected chi connectivity index (χ2v) is 9.04. The van der Waals surface area contributed by atoms with E-state index in [0.29, 0.717) is 19.5 Å². The number of aryl methyl sites for hydroxylation is 2. The van der Waals surface area contributed by atoms with Gasteiger partial charge in [-0.1, -0.05) is 42.5 Å². The van der Waals surface area contributed by atoms with Crippen molar-refractivity contribution in [2.45, 2.75) is 38.8 Å². The van der Waals surface area contributed by atoms with E-state index in [0.717, 1.165) is 39.4 Å². The van der Waals surface area contributed by atoms with Crippen molar-refractivity contribution in [3.8, 4) is 5.75 Å². The molecule has 0 spiro atoms. The van der Waals surface area contributed by atoms with Gasteiger partial charge < -0.3 is 19.3 Å². The van der Waals surface area contributed by atoms with E-state index in [4.69, 9.17) is 9.72 Å². The molecule has 3 aromatic carbocycles. The van der Waals surface area contributed by atoms with Gasteiger partial charge in [-0.25, -0.2) is 4.98 Å². The Bertz CT molecular complexity index is 1330. The molecule has 34 heavy (non-hydrogen) atoms. The highest BCUT2D eigenvalue weighted by Gasteiger charge is 2.35. The number of carbonyl (C=O) groups is 1.